The largest absolute Gasteiger partial charge is 0.431 e. The molecule has 0 aromatic rings. The summed E-state index contributed by atoms with van der Waals surface area (Å²) < 4.78 is 81.3. The van der Waals surface area contributed by atoms with E-state index in [0.29, 0.717) is 13.8 Å². The summed E-state index contributed by atoms with van der Waals surface area (Å²) in [6.45, 7) is 1.37. The van der Waals surface area contributed by atoms with Gasteiger partial charge in [0.25, 0.3) is 0 Å². The average molecular weight is 224 g/mol. The van der Waals surface area contributed by atoms with Gasteiger partial charge in [-0.1, -0.05) is 0 Å². The maximum atomic E-state index is 12.4. The Hall–Kier alpha value is -0.500. The van der Waals surface area contributed by atoms with Crippen molar-refractivity contribution in [3.8, 4) is 0 Å². The van der Waals surface area contributed by atoms with E-state index >= 15 is 0 Å². The molecule has 0 aromatic carbocycles. The molecule has 1 heterocycles. The van der Waals surface area contributed by atoms with E-state index in [4.69, 9.17) is 0 Å². The second-order valence-corrected chi connectivity index (χ2v) is 3.21. The van der Waals surface area contributed by atoms with Crippen LogP contribution in [-0.2, 0) is 9.47 Å². The smallest absolute Gasteiger partial charge is 0.283 e. The summed E-state index contributed by atoms with van der Waals surface area (Å²) in [4.78, 5) is 0. The summed E-state index contributed by atoms with van der Waals surface area (Å²) in [5, 5.41) is 0. The minimum absolute atomic E-state index is 0.685. The first-order chi connectivity index (χ1) is 5.91. The lowest BCUT2D eigenvalue weighted by Crippen LogP contribution is -2.66. The SMILES string of the molecule is CC1(C)OC(F)(F)C(F)(F)C(F)(F)O1. The Morgan fingerprint density at radius 3 is 1.29 bits per heavy atom. The zero-order valence-corrected chi connectivity index (χ0v) is 7.08. The minimum Gasteiger partial charge on any atom is -0.283 e. The maximum Gasteiger partial charge on any atom is 0.431 e. The lowest BCUT2D eigenvalue weighted by Gasteiger charge is -2.43. The fraction of sp³-hybridized carbons (Fsp3) is 1.00. The van der Waals surface area contributed by atoms with Gasteiger partial charge in [-0.2, -0.15) is 26.3 Å². The minimum atomic E-state index is -5.68. The number of hydrogen-bond donors (Lipinski definition) is 0. The van der Waals surface area contributed by atoms with Gasteiger partial charge in [-0.3, -0.25) is 9.47 Å². The molecule has 0 spiro atoms. The van der Waals surface area contributed by atoms with E-state index in [2.05, 4.69) is 9.47 Å². The van der Waals surface area contributed by atoms with Crippen LogP contribution in [0.3, 0.4) is 0 Å². The Balaban J connectivity index is 3.13. The zero-order valence-electron chi connectivity index (χ0n) is 7.08. The van der Waals surface area contributed by atoms with E-state index in [1.54, 1.807) is 0 Å². The number of ether oxygens (including phenoxy) is 2. The van der Waals surface area contributed by atoms with Gasteiger partial charge in [0.1, 0.15) is 0 Å². The van der Waals surface area contributed by atoms with Crippen molar-refractivity contribution < 1.29 is 35.8 Å². The topological polar surface area (TPSA) is 18.5 Å². The van der Waals surface area contributed by atoms with E-state index in [-0.39, 0.29) is 0 Å². The summed E-state index contributed by atoms with van der Waals surface area (Å²) in [5.41, 5.74) is 0. The van der Waals surface area contributed by atoms with Gasteiger partial charge in [0.05, 0.1) is 0 Å². The van der Waals surface area contributed by atoms with Crippen LogP contribution in [-0.4, -0.2) is 23.9 Å². The molecule has 2 nitrogen and oxygen atoms in total. The first-order valence-electron chi connectivity index (χ1n) is 3.45. The van der Waals surface area contributed by atoms with Crippen molar-refractivity contribution in [3.05, 3.63) is 0 Å². The van der Waals surface area contributed by atoms with E-state index in [0.717, 1.165) is 0 Å². The van der Waals surface area contributed by atoms with Crippen molar-refractivity contribution in [2.75, 3.05) is 0 Å². The van der Waals surface area contributed by atoms with Crippen LogP contribution < -0.4 is 0 Å². The van der Waals surface area contributed by atoms with Gasteiger partial charge < -0.3 is 0 Å². The van der Waals surface area contributed by atoms with Crippen LogP contribution in [0.2, 0.25) is 0 Å². The Labute approximate surface area is 74.8 Å². The van der Waals surface area contributed by atoms with Crippen LogP contribution >= 0.6 is 0 Å². The molecule has 0 amide bonds. The molecule has 0 saturated carbocycles. The number of alkyl halides is 6. The normalized spacial score (nSPS) is 32.6. The molecule has 8 heteroatoms. The highest BCUT2D eigenvalue weighted by molar-refractivity contribution is 4.91. The zero-order chi connectivity index (χ0) is 11.4. The second kappa shape index (κ2) is 2.54. The lowest BCUT2D eigenvalue weighted by atomic mass is 10.2. The number of hydrogen-bond acceptors (Lipinski definition) is 2. The van der Waals surface area contributed by atoms with E-state index in [9.17, 15) is 26.3 Å². The fourth-order valence-corrected chi connectivity index (χ4v) is 0.936. The van der Waals surface area contributed by atoms with Gasteiger partial charge in [0.2, 0.25) is 0 Å². The summed E-state index contributed by atoms with van der Waals surface area (Å²) in [6, 6.07) is 0. The van der Waals surface area contributed by atoms with Gasteiger partial charge in [-0.05, 0) is 13.8 Å². The van der Waals surface area contributed by atoms with E-state index in [1.165, 1.54) is 0 Å². The highest BCUT2D eigenvalue weighted by Gasteiger charge is 2.79. The highest BCUT2D eigenvalue weighted by atomic mass is 19.4. The summed E-state index contributed by atoms with van der Waals surface area (Å²) in [6.07, 6.45) is -10.5. The van der Waals surface area contributed by atoms with E-state index < -0.39 is 23.9 Å². The van der Waals surface area contributed by atoms with Crippen LogP contribution in [0.5, 0.6) is 0 Å². The third kappa shape index (κ3) is 1.46. The molecule has 0 unspecified atom stereocenters. The van der Waals surface area contributed by atoms with Crippen LogP contribution in [0, 0.1) is 0 Å². The van der Waals surface area contributed by atoms with Crippen molar-refractivity contribution in [2.45, 2.75) is 37.8 Å². The van der Waals surface area contributed by atoms with Crippen molar-refractivity contribution in [1.82, 2.24) is 0 Å². The molecular weight excluding hydrogens is 218 g/mol. The summed E-state index contributed by atoms with van der Waals surface area (Å²) >= 11 is 0. The first kappa shape index (κ1) is 11.6. The Bertz CT molecular complexity index is 227. The van der Waals surface area contributed by atoms with Gasteiger partial charge in [-0.15, -0.1) is 0 Å². The molecular formula is C6H6F6O2. The van der Waals surface area contributed by atoms with Gasteiger partial charge in [0.15, 0.2) is 5.79 Å². The van der Waals surface area contributed by atoms with Gasteiger partial charge >= 0.3 is 18.1 Å². The van der Waals surface area contributed by atoms with Crippen molar-refractivity contribution >= 4 is 0 Å². The summed E-state index contributed by atoms with van der Waals surface area (Å²) in [7, 11) is 0. The first-order valence-corrected chi connectivity index (χ1v) is 3.45. The van der Waals surface area contributed by atoms with Crippen molar-refractivity contribution in [3.63, 3.8) is 0 Å². The van der Waals surface area contributed by atoms with Crippen LogP contribution in [0.1, 0.15) is 13.8 Å². The third-order valence-electron chi connectivity index (χ3n) is 1.48. The monoisotopic (exact) mass is 224 g/mol. The Kier molecular flexibility index (Phi) is 2.10. The quantitative estimate of drug-likeness (QED) is 0.589. The Morgan fingerprint density at radius 2 is 1.00 bits per heavy atom. The van der Waals surface area contributed by atoms with Crippen LogP contribution in [0.4, 0.5) is 26.3 Å². The fourth-order valence-electron chi connectivity index (χ4n) is 0.936. The second-order valence-electron chi connectivity index (χ2n) is 3.21. The molecule has 0 atom stereocenters. The molecule has 84 valence electrons. The van der Waals surface area contributed by atoms with Gasteiger partial charge in [0, 0.05) is 0 Å². The molecule has 1 rings (SSSR count). The molecule has 0 radical (unpaired) electrons. The maximum absolute atomic E-state index is 12.4. The molecule has 1 saturated heterocycles. The molecule has 1 fully saturated rings. The molecule has 0 aliphatic carbocycles. The highest BCUT2D eigenvalue weighted by Crippen LogP contribution is 2.53. The van der Waals surface area contributed by atoms with Crippen LogP contribution in [0.15, 0.2) is 0 Å². The summed E-state index contributed by atoms with van der Waals surface area (Å²) in [5.74, 6) is -8.16. The lowest BCUT2D eigenvalue weighted by molar-refractivity contribution is -0.556. The number of halogens is 6. The van der Waals surface area contributed by atoms with Crippen molar-refractivity contribution in [1.29, 1.82) is 0 Å². The molecule has 0 aromatic heterocycles. The molecule has 0 N–H and O–H groups in total. The standard InChI is InChI=1S/C6H6F6O2/c1-3(2)13-5(9,10)4(7,8)6(11,12)14-3/h1-2H3. The van der Waals surface area contributed by atoms with Gasteiger partial charge in [-0.25, -0.2) is 0 Å². The van der Waals surface area contributed by atoms with Crippen molar-refractivity contribution in [2.24, 2.45) is 0 Å². The average Bonchev–Trinajstić information content (AvgIpc) is 1.77. The van der Waals surface area contributed by atoms with E-state index in [1.807, 2.05) is 0 Å². The predicted molar refractivity (Wildman–Crippen MR) is 31.1 cm³/mol. The predicted octanol–water partition coefficient (Wildman–Crippen LogP) is 2.59. The third-order valence-corrected chi connectivity index (χ3v) is 1.48. The molecule has 1 aliphatic heterocycles. The number of rotatable bonds is 0. The Morgan fingerprint density at radius 1 is 0.714 bits per heavy atom. The molecule has 0 bridgehead atoms. The van der Waals surface area contributed by atoms with Crippen LogP contribution in [0.25, 0.3) is 0 Å². The molecule has 14 heavy (non-hydrogen) atoms. The molecule has 1 aliphatic rings.